The molecule has 0 radical (unpaired) electrons. The average molecular weight is 417 g/mol. The lowest BCUT2D eigenvalue weighted by atomic mass is 10.1. The molecule has 0 N–H and O–H groups in total. The van der Waals surface area contributed by atoms with E-state index in [1.165, 1.54) is 6.42 Å². The summed E-state index contributed by atoms with van der Waals surface area (Å²) in [5.41, 5.74) is 0.561. The highest BCUT2D eigenvalue weighted by Crippen LogP contribution is 2.27. The van der Waals surface area contributed by atoms with Gasteiger partial charge in [-0.05, 0) is 25.3 Å². The van der Waals surface area contributed by atoms with E-state index < -0.39 is 0 Å². The van der Waals surface area contributed by atoms with E-state index in [1.807, 2.05) is 4.90 Å². The standard InChI is InChI=1S/C20H25ClN6O2/c1-29-18-14-22-13-17(24-18)25-7-9-26(10-8-25)19-16(21)11-15(12-23-19)20(28)27-5-3-2-4-6-27/h11-14H,2-10H2,1H3. The fraction of sp³-hybridized carbons (Fsp3) is 0.500. The lowest BCUT2D eigenvalue weighted by Crippen LogP contribution is -2.47. The molecule has 154 valence electrons. The van der Waals surface area contributed by atoms with Gasteiger partial charge in [-0.1, -0.05) is 11.6 Å². The molecule has 0 spiro atoms. The number of ether oxygens (including phenoxy) is 1. The van der Waals surface area contributed by atoms with Crippen LogP contribution in [0.25, 0.3) is 0 Å². The second kappa shape index (κ2) is 8.82. The number of hydrogen-bond acceptors (Lipinski definition) is 7. The van der Waals surface area contributed by atoms with E-state index in [4.69, 9.17) is 16.3 Å². The zero-order valence-electron chi connectivity index (χ0n) is 16.6. The quantitative estimate of drug-likeness (QED) is 0.757. The fourth-order valence-electron chi connectivity index (χ4n) is 3.80. The Hall–Kier alpha value is -2.61. The third-order valence-electron chi connectivity index (χ3n) is 5.42. The SMILES string of the molecule is COc1cncc(N2CCN(c3ncc(C(=O)N4CCCCC4)cc3Cl)CC2)n1. The minimum atomic E-state index is 0.0204. The fourth-order valence-corrected chi connectivity index (χ4v) is 4.08. The molecule has 0 bridgehead atoms. The number of halogens is 1. The van der Waals surface area contributed by atoms with Crippen molar-refractivity contribution in [1.29, 1.82) is 0 Å². The Morgan fingerprint density at radius 3 is 2.41 bits per heavy atom. The Bertz CT molecular complexity index is 866. The van der Waals surface area contributed by atoms with E-state index in [-0.39, 0.29) is 5.91 Å². The predicted molar refractivity (Wildman–Crippen MR) is 112 cm³/mol. The van der Waals surface area contributed by atoms with Crippen molar-refractivity contribution in [3.8, 4) is 5.88 Å². The molecular formula is C20H25ClN6O2. The number of piperidine rings is 1. The van der Waals surface area contributed by atoms with Gasteiger partial charge in [-0.2, -0.15) is 4.98 Å². The van der Waals surface area contributed by atoms with Gasteiger partial charge >= 0.3 is 0 Å². The number of pyridine rings is 1. The highest BCUT2D eigenvalue weighted by Gasteiger charge is 2.24. The summed E-state index contributed by atoms with van der Waals surface area (Å²) in [5.74, 6) is 2.04. The molecule has 1 amide bonds. The van der Waals surface area contributed by atoms with Gasteiger partial charge in [0.1, 0.15) is 5.82 Å². The summed E-state index contributed by atoms with van der Waals surface area (Å²) < 4.78 is 5.16. The van der Waals surface area contributed by atoms with Crippen molar-refractivity contribution in [3.63, 3.8) is 0 Å². The highest BCUT2D eigenvalue weighted by atomic mass is 35.5. The highest BCUT2D eigenvalue weighted by molar-refractivity contribution is 6.33. The molecule has 2 aliphatic heterocycles. The van der Waals surface area contributed by atoms with E-state index in [9.17, 15) is 4.79 Å². The first-order valence-electron chi connectivity index (χ1n) is 9.96. The van der Waals surface area contributed by atoms with E-state index in [2.05, 4.69) is 24.8 Å². The first-order valence-corrected chi connectivity index (χ1v) is 10.3. The monoisotopic (exact) mass is 416 g/mol. The largest absolute Gasteiger partial charge is 0.480 e. The molecule has 4 heterocycles. The molecule has 2 aromatic heterocycles. The summed E-state index contributed by atoms with van der Waals surface area (Å²) in [5, 5.41) is 0.516. The van der Waals surface area contributed by atoms with Crippen LogP contribution in [0.1, 0.15) is 29.6 Å². The van der Waals surface area contributed by atoms with Crippen molar-refractivity contribution in [2.24, 2.45) is 0 Å². The molecule has 4 rings (SSSR count). The van der Waals surface area contributed by atoms with Crippen LogP contribution >= 0.6 is 11.6 Å². The van der Waals surface area contributed by atoms with Crippen LogP contribution < -0.4 is 14.5 Å². The number of carbonyl (C=O) groups excluding carboxylic acids is 1. The van der Waals surface area contributed by atoms with Crippen LogP contribution in [-0.2, 0) is 0 Å². The Morgan fingerprint density at radius 2 is 1.72 bits per heavy atom. The molecule has 2 aliphatic rings. The van der Waals surface area contributed by atoms with Crippen LogP contribution in [0.4, 0.5) is 11.6 Å². The topological polar surface area (TPSA) is 74.7 Å². The zero-order valence-corrected chi connectivity index (χ0v) is 17.3. The Kier molecular flexibility index (Phi) is 5.99. The van der Waals surface area contributed by atoms with Crippen molar-refractivity contribution in [2.45, 2.75) is 19.3 Å². The molecule has 29 heavy (non-hydrogen) atoms. The molecule has 0 atom stereocenters. The Morgan fingerprint density at radius 1 is 1.00 bits per heavy atom. The van der Waals surface area contributed by atoms with Gasteiger partial charge in [0.05, 0.1) is 30.1 Å². The molecular weight excluding hydrogens is 392 g/mol. The Balaban J connectivity index is 1.41. The Labute approximate surface area is 175 Å². The van der Waals surface area contributed by atoms with Crippen molar-refractivity contribution >= 4 is 29.1 Å². The first kappa shape index (κ1) is 19.7. The van der Waals surface area contributed by atoms with Gasteiger partial charge in [-0.15, -0.1) is 0 Å². The molecule has 9 heteroatoms. The van der Waals surface area contributed by atoms with E-state index in [0.29, 0.717) is 16.5 Å². The van der Waals surface area contributed by atoms with Crippen LogP contribution in [0.5, 0.6) is 5.88 Å². The molecule has 0 aliphatic carbocycles. The van der Waals surface area contributed by atoms with E-state index in [0.717, 1.165) is 63.7 Å². The third-order valence-corrected chi connectivity index (χ3v) is 5.70. The second-order valence-corrected chi connectivity index (χ2v) is 7.68. The third kappa shape index (κ3) is 4.37. The van der Waals surface area contributed by atoms with Crippen molar-refractivity contribution in [3.05, 3.63) is 35.2 Å². The predicted octanol–water partition coefficient (Wildman–Crippen LogP) is 2.49. The van der Waals surface area contributed by atoms with E-state index >= 15 is 0 Å². The summed E-state index contributed by atoms with van der Waals surface area (Å²) in [4.78, 5) is 32.0. The van der Waals surface area contributed by atoms with Crippen LogP contribution in [0, 0.1) is 0 Å². The normalized spacial score (nSPS) is 17.4. The number of hydrogen-bond donors (Lipinski definition) is 0. The number of rotatable bonds is 4. The number of methoxy groups -OCH3 is 1. The van der Waals surface area contributed by atoms with Gasteiger partial charge in [0.2, 0.25) is 5.88 Å². The lowest BCUT2D eigenvalue weighted by molar-refractivity contribution is 0.0724. The van der Waals surface area contributed by atoms with Gasteiger partial charge in [0, 0.05) is 45.5 Å². The summed E-state index contributed by atoms with van der Waals surface area (Å²) in [6, 6.07) is 1.75. The van der Waals surface area contributed by atoms with Gasteiger partial charge in [-0.3, -0.25) is 9.78 Å². The van der Waals surface area contributed by atoms with Crippen LogP contribution in [0.15, 0.2) is 24.7 Å². The number of piperazine rings is 1. The van der Waals surface area contributed by atoms with Crippen molar-refractivity contribution < 1.29 is 9.53 Å². The lowest BCUT2D eigenvalue weighted by Gasteiger charge is -2.36. The van der Waals surface area contributed by atoms with E-state index in [1.54, 1.807) is 31.8 Å². The molecule has 8 nitrogen and oxygen atoms in total. The van der Waals surface area contributed by atoms with Gasteiger partial charge in [-0.25, -0.2) is 4.98 Å². The maximum Gasteiger partial charge on any atom is 0.255 e. The van der Waals surface area contributed by atoms with Crippen LogP contribution in [0.3, 0.4) is 0 Å². The van der Waals surface area contributed by atoms with Crippen LogP contribution in [0.2, 0.25) is 5.02 Å². The van der Waals surface area contributed by atoms with Gasteiger partial charge in [0.15, 0.2) is 5.82 Å². The molecule has 0 saturated carbocycles. The summed E-state index contributed by atoms with van der Waals surface area (Å²) in [6.45, 7) is 4.68. The second-order valence-electron chi connectivity index (χ2n) is 7.28. The van der Waals surface area contributed by atoms with Gasteiger partial charge < -0.3 is 19.4 Å². The number of likely N-dealkylation sites (tertiary alicyclic amines) is 1. The van der Waals surface area contributed by atoms with Crippen molar-refractivity contribution in [2.75, 3.05) is 56.2 Å². The summed E-state index contributed by atoms with van der Waals surface area (Å²) in [7, 11) is 1.58. The first-order chi connectivity index (χ1) is 14.2. The molecule has 2 fully saturated rings. The van der Waals surface area contributed by atoms with Crippen molar-refractivity contribution in [1.82, 2.24) is 19.9 Å². The molecule has 0 aromatic carbocycles. The number of anilines is 2. The molecule has 0 unspecified atom stereocenters. The minimum Gasteiger partial charge on any atom is -0.480 e. The molecule has 2 aromatic rings. The maximum absolute atomic E-state index is 12.7. The average Bonchev–Trinajstić information content (AvgIpc) is 2.79. The smallest absolute Gasteiger partial charge is 0.255 e. The van der Waals surface area contributed by atoms with Crippen LogP contribution in [-0.4, -0.2) is 72.1 Å². The minimum absolute atomic E-state index is 0.0204. The number of carbonyl (C=O) groups is 1. The summed E-state index contributed by atoms with van der Waals surface area (Å²) in [6.07, 6.45) is 8.30. The number of nitrogens with zero attached hydrogens (tertiary/aromatic N) is 6. The zero-order chi connectivity index (χ0) is 20.2. The maximum atomic E-state index is 12.7. The number of aromatic nitrogens is 3. The number of amides is 1. The van der Waals surface area contributed by atoms with Gasteiger partial charge in [0.25, 0.3) is 5.91 Å². The summed E-state index contributed by atoms with van der Waals surface area (Å²) >= 11 is 6.51. The molecule has 2 saturated heterocycles.